The van der Waals surface area contributed by atoms with Crippen molar-refractivity contribution in [3.63, 3.8) is 0 Å². The molecule has 3 aliphatic carbocycles. The molecule has 0 heterocycles. The summed E-state index contributed by atoms with van der Waals surface area (Å²) in [7, 11) is 0. The molecule has 114 valence electrons. The average Bonchev–Trinajstić information content (AvgIpc) is 2.69. The standard InChI is InChI=1S/C20H34/c1-13(2)12-16-7-8-18-17(15(16)4)10-11-20(5)14(3)6-9-19(18)20/h12,14-19H,6-11H2,1-5H3. The Balaban J connectivity index is 1.80. The smallest absolute Gasteiger partial charge is 0.0202 e. The lowest BCUT2D eigenvalue weighted by Crippen LogP contribution is -2.46. The third-order valence-corrected chi connectivity index (χ3v) is 7.70. The van der Waals surface area contributed by atoms with Gasteiger partial charge < -0.3 is 0 Å². The molecule has 0 heteroatoms. The summed E-state index contributed by atoms with van der Waals surface area (Å²) >= 11 is 0. The van der Waals surface area contributed by atoms with Crippen LogP contribution in [-0.2, 0) is 0 Å². The molecule has 0 saturated heterocycles. The molecular formula is C20H34. The first-order valence-corrected chi connectivity index (χ1v) is 9.08. The van der Waals surface area contributed by atoms with Gasteiger partial charge in [-0.25, -0.2) is 0 Å². The van der Waals surface area contributed by atoms with Crippen molar-refractivity contribution in [3.8, 4) is 0 Å². The fourth-order valence-corrected chi connectivity index (χ4v) is 6.28. The normalized spacial score (nSPS) is 51.2. The van der Waals surface area contributed by atoms with Crippen LogP contribution in [0.4, 0.5) is 0 Å². The quantitative estimate of drug-likeness (QED) is 0.508. The number of allylic oxidation sites excluding steroid dienone is 2. The van der Waals surface area contributed by atoms with E-state index in [4.69, 9.17) is 0 Å². The van der Waals surface area contributed by atoms with Crippen molar-refractivity contribution >= 4 is 0 Å². The van der Waals surface area contributed by atoms with Crippen molar-refractivity contribution in [2.75, 3.05) is 0 Å². The molecule has 3 aliphatic rings. The average molecular weight is 274 g/mol. The summed E-state index contributed by atoms with van der Waals surface area (Å²) in [4.78, 5) is 0. The highest BCUT2D eigenvalue weighted by atomic mass is 14.6. The van der Waals surface area contributed by atoms with Gasteiger partial charge in [-0.3, -0.25) is 0 Å². The first-order valence-electron chi connectivity index (χ1n) is 9.08. The first-order chi connectivity index (χ1) is 9.43. The van der Waals surface area contributed by atoms with Gasteiger partial charge in [0.05, 0.1) is 0 Å². The van der Waals surface area contributed by atoms with E-state index in [1.165, 1.54) is 44.1 Å². The molecule has 0 nitrogen and oxygen atoms in total. The zero-order valence-electron chi connectivity index (χ0n) is 14.3. The Morgan fingerprint density at radius 2 is 1.70 bits per heavy atom. The Bertz CT molecular complexity index is 389. The highest BCUT2D eigenvalue weighted by Gasteiger charge is 2.54. The summed E-state index contributed by atoms with van der Waals surface area (Å²) in [6.45, 7) is 12.3. The maximum Gasteiger partial charge on any atom is -0.0202 e. The van der Waals surface area contributed by atoms with Crippen molar-refractivity contribution in [1.82, 2.24) is 0 Å². The van der Waals surface area contributed by atoms with Crippen LogP contribution in [0.3, 0.4) is 0 Å². The maximum absolute atomic E-state index is 2.62. The Kier molecular flexibility index (Phi) is 3.80. The van der Waals surface area contributed by atoms with Gasteiger partial charge in [-0.1, -0.05) is 32.4 Å². The molecule has 3 rings (SSSR count). The van der Waals surface area contributed by atoms with Crippen molar-refractivity contribution in [2.24, 2.45) is 40.9 Å². The summed E-state index contributed by atoms with van der Waals surface area (Å²) in [5.74, 6) is 5.88. The molecule has 3 fully saturated rings. The second kappa shape index (κ2) is 5.18. The van der Waals surface area contributed by atoms with Crippen molar-refractivity contribution < 1.29 is 0 Å². The molecule has 0 aromatic rings. The van der Waals surface area contributed by atoms with E-state index >= 15 is 0 Å². The predicted molar refractivity (Wildman–Crippen MR) is 87.5 cm³/mol. The minimum absolute atomic E-state index is 0.685. The van der Waals surface area contributed by atoms with E-state index in [-0.39, 0.29) is 0 Å². The van der Waals surface area contributed by atoms with Crippen LogP contribution in [0.2, 0.25) is 0 Å². The molecule has 0 radical (unpaired) electrons. The highest BCUT2D eigenvalue weighted by Crippen LogP contribution is 2.62. The Hall–Kier alpha value is -0.260. The molecule has 0 aliphatic heterocycles. The van der Waals surface area contributed by atoms with Crippen LogP contribution in [0.1, 0.15) is 73.1 Å². The molecule has 0 aromatic heterocycles. The molecular weight excluding hydrogens is 240 g/mol. The Labute approximate surface area is 126 Å². The number of hydrogen-bond acceptors (Lipinski definition) is 0. The van der Waals surface area contributed by atoms with Gasteiger partial charge in [-0.2, -0.15) is 0 Å². The molecule has 0 amide bonds. The molecule has 0 aromatic carbocycles. The van der Waals surface area contributed by atoms with Crippen LogP contribution in [0.15, 0.2) is 11.6 Å². The van der Waals surface area contributed by atoms with Crippen LogP contribution in [0.25, 0.3) is 0 Å². The van der Waals surface area contributed by atoms with Gasteiger partial charge in [-0.15, -0.1) is 0 Å². The summed E-state index contributed by atoms with van der Waals surface area (Å²) in [5.41, 5.74) is 2.21. The van der Waals surface area contributed by atoms with Gasteiger partial charge >= 0.3 is 0 Å². The van der Waals surface area contributed by atoms with Crippen molar-refractivity contribution in [1.29, 1.82) is 0 Å². The van der Waals surface area contributed by atoms with Gasteiger partial charge in [-0.05, 0) is 93.3 Å². The largest absolute Gasteiger partial charge is 0.0825 e. The summed E-state index contributed by atoms with van der Waals surface area (Å²) < 4.78 is 0. The molecule has 0 N–H and O–H groups in total. The molecule has 3 saturated carbocycles. The topological polar surface area (TPSA) is 0 Å². The minimum atomic E-state index is 0.685. The fraction of sp³-hybridized carbons (Fsp3) is 0.900. The maximum atomic E-state index is 2.62. The fourth-order valence-electron chi connectivity index (χ4n) is 6.28. The monoisotopic (exact) mass is 274 g/mol. The van der Waals surface area contributed by atoms with E-state index in [0.717, 1.165) is 35.5 Å². The second-order valence-corrected chi connectivity index (χ2v) is 8.80. The van der Waals surface area contributed by atoms with Crippen molar-refractivity contribution in [2.45, 2.75) is 73.1 Å². The SMILES string of the molecule is CC(C)=CC1CCC2C(CCC3(C)C(C)CCC23)C1C. The zero-order valence-corrected chi connectivity index (χ0v) is 14.3. The van der Waals surface area contributed by atoms with Crippen LogP contribution in [0, 0.1) is 40.9 Å². The minimum Gasteiger partial charge on any atom is -0.0825 e. The molecule has 20 heavy (non-hydrogen) atoms. The lowest BCUT2D eigenvalue weighted by Gasteiger charge is -2.53. The lowest BCUT2D eigenvalue weighted by molar-refractivity contribution is -0.0372. The van der Waals surface area contributed by atoms with Gasteiger partial charge in [0.2, 0.25) is 0 Å². The molecule has 0 spiro atoms. The van der Waals surface area contributed by atoms with Gasteiger partial charge in [0.1, 0.15) is 0 Å². The van der Waals surface area contributed by atoms with Gasteiger partial charge in [0.25, 0.3) is 0 Å². The zero-order chi connectivity index (χ0) is 14.5. The number of hydrogen-bond donors (Lipinski definition) is 0. The van der Waals surface area contributed by atoms with E-state index in [9.17, 15) is 0 Å². The third-order valence-electron chi connectivity index (χ3n) is 7.70. The summed E-state index contributed by atoms with van der Waals surface area (Å²) in [5, 5.41) is 0. The molecule has 0 bridgehead atoms. The molecule has 7 atom stereocenters. The van der Waals surface area contributed by atoms with E-state index in [2.05, 4.69) is 40.7 Å². The van der Waals surface area contributed by atoms with Crippen LogP contribution in [-0.4, -0.2) is 0 Å². The highest BCUT2D eigenvalue weighted by molar-refractivity contribution is 5.07. The Morgan fingerprint density at radius 1 is 0.950 bits per heavy atom. The van der Waals surface area contributed by atoms with Crippen LogP contribution >= 0.6 is 0 Å². The van der Waals surface area contributed by atoms with Crippen LogP contribution in [0.5, 0.6) is 0 Å². The van der Waals surface area contributed by atoms with Crippen LogP contribution < -0.4 is 0 Å². The predicted octanol–water partition coefficient (Wildman–Crippen LogP) is 6.08. The van der Waals surface area contributed by atoms with E-state index in [1.807, 2.05) is 0 Å². The number of rotatable bonds is 1. The van der Waals surface area contributed by atoms with E-state index < -0.39 is 0 Å². The first kappa shape index (κ1) is 14.7. The number of fused-ring (bicyclic) bond motifs is 3. The van der Waals surface area contributed by atoms with Crippen molar-refractivity contribution in [3.05, 3.63) is 11.6 Å². The third kappa shape index (κ3) is 2.18. The van der Waals surface area contributed by atoms with E-state index in [1.54, 1.807) is 0 Å². The Morgan fingerprint density at radius 3 is 2.40 bits per heavy atom. The summed E-state index contributed by atoms with van der Waals surface area (Å²) in [6.07, 6.45) is 11.6. The van der Waals surface area contributed by atoms with Gasteiger partial charge in [0, 0.05) is 0 Å². The lowest BCUT2D eigenvalue weighted by atomic mass is 9.52. The molecule has 7 unspecified atom stereocenters. The van der Waals surface area contributed by atoms with Gasteiger partial charge in [0.15, 0.2) is 0 Å². The second-order valence-electron chi connectivity index (χ2n) is 8.80. The summed E-state index contributed by atoms with van der Waals surface area (Å²) in [6, 6.07) is 0. The van der Waals surface area contributed by atoms with E-state index in [0.29, 0.717) is 5.41 Å².